The van der Waals surface area contributed by atoms with Gasteiger partial charge in [0.25, 0.3) is 0 Å². The van der Waals surface area contributed by atoms with Crippen molar-refractivity contribution >= 4 is 41.7 Å². The number of aliphatic imine (C=N–C) groups is 1. The molecule has 1 N–H and O–H groups in total. The van der Waals surface area contributed by atoms with Crippen LogP contribution in [-0.2, 0) is 13.6 Å². The van der Waals surface area contributed by atoms with E-state index in [0.29, 0.717) is 0 Å². The quantitative estimate of drug-likeness (QED) is 0.460. The van der Waals surface area contributed by atoms with Crippen molar-refractivity contribution in [1.29, 1.82) is 0 Å². The normalized spacial score (nSPS) is 16.4. The smallest absolute Gasteiger partial charge is 0.193 e. The summed E-state index contributed by atoms with van der Waals surface area (Å²) < 4.78 is 2.15. The Morgan fingerprint density at radius 2 is 2.19 bits per heavy atom. The summed E-state index contributed by atoms with van der Waals surface area (Å²) in [4.78, 5) is 6.59. The predicted molar refractivity (Wildman–Crippen MR) is 104 cm³/mol. The molecule has 4 nitrogen and oxygen atoms in total. The van der Waals surface area contributed by atoms with Crippen molar-refractivity contribution in [3.8, 4) is 0 Å². The fraction of sp³-hybridized carbons (Fsp3) is 0.667. The molecule has 21 heavy (non-hydrogen) atoms. The zero-order valence-corrected chi connectivity index (χ0v) is 16.4. The molecule has 0 amide bonds. The van der Waals surface area contributed by atoms with E-state index in [9.17, 15) is 0 Å². The summed E-state index contributed by atoms with van der Waals surface area (Å²) in [6.45, 7) is 1.93. The summed E-state index contributed by atoms with van der Waals surface area (Å²) in [7, 11) is 6.04. The van der Waals surface area contributed by atoms with Gasteiger partial charge in [-0.1, -0.05) is 0 Å². The molecule has 2 rings (SSSR count). The van der Waals surface area contributed by atoms with E-state index in [0.717, 1.165) is 25.0 Å². The molecule has 0 unspecified atom stereocenters. The number of hydrogen-bond acceptors (Lipinski definition) is 2. The molecule has 0 aromatic carbocycles. The lowest BCUT2D eigenvalue weighted by atomic mass is 10.0. The minimum Gasteiger partial charge on any atom is -0.356 e. The van der Waals surface area contributed by atoms with E-state index in [1.54, 1.807) is 0 Å². The first-order chi connectivity index (χ1) is 9.70. The minimum absolute atomic E-state index is 0. The molecule has 6 heteroatoms. The van der Waals surface area contributed by atoms with Gasteiger partial charge in [0.05, 0.1) is 6.54 Å². The van der Waals surface area contributed by atoms with E-state index >= 15 is 0 Å². The molecule has 0 atom stereocenters. The summed E-state index contributed by atoms with van der Waals surface area (Å²) in [5.41, 5.74) is 1.30. The SMILES string of the molecule is CN=C(NCC1CCSCC1)N(C)Cc1cccn1C.I. The van der Waals surface area contributed by atoms with Crippen LogP contribution in [0.5, 0.6) is 0 Å². The van der Waals surface area contributed by atoms with Gasteiger partial charge in [-0.2, -0.15) is 11.8 Å². The minimum atomic E-state index is 0. The van der Waals surface area contributed by atoms with Gasteiger partial charge in [0.1, 0.15) is 0 Å². The van der Waals surface area contributed by atoms with Crippen LogP contribution in [0.1, 0.15) is 18.5 Å². The molecule has 0 bridgehead atoms. The Morgan fingerprint density at radius 3 is 2.76 bits per heavy atom. The first kappa shape index (κ1) is 18.7. The average molecular weight is 422 g/mol. The second-order valence-electron chi connectivity index (χ2n) is 5.45. The average Bonchev–Trinajstić information content (AvgIpc) is 2.86. The standard InChI is InChI=1S/C15H26N4S.HI/c1-16-15(17-11-13-6-9-20-10-7-13)19(3)12-14-5-4-8-18(14)2;/h4-5,8,13H,6-7,9-12H2,1-3H3,(H,16,17);1H. The summed E-state index contributed by atoms with van der Waals surface area (Å²) in [6.07, 6.45) is 4.74. The highest BCUT2D eigenvalue weighted by atomic mass is 127. The second-order valence-corrected chi connectivity index (χ2v) is 6.68. The third-order valence-corrected chi connectivity index (χ3v) is 4.96. The molecule has 1 saturated heterocycles. The zero-order valence-electron chi connectivity index (χ0n) is 13.2. The molecule has 1 fully saturated rings. The van der Waals surface area contributed by atoms with Gasteiger partial charge < -0.3 is 14.8 Å². The first-order valence-electron chi connectivity index (χ1n) is 7.30. The number of hydrogen-bond donors (Lipinski definition) is 1. The molecule has 1 aliphatic heterocycles. The predicted octanol–water partition coefficient (Wildman–Crippen LogP) is 2.79. The largest absolute Gasteiger partial charge is 0.356 e. The number of aryl methyl sites for hydroxylation is 1. The fourth-order valence-electron chi connectivity index (χ4n) is 2.55. The van der Waals surface area contributed by atoms with Crippen LogP contribution in [0.3, 0.4) is 0 Å². The summed E-state index contributed by atoms with van der Waals surface area (Å²) in [5.74, 6) is 4.41. The van der Waals surface area contributed by atoms with Gasteiger partial charge in [0.2, 0.25) is 0 Å². The number of guanidine groups is 1. The van der Waals surface area contributed by atoms with Crippen molar-refractivity contribution in [3.63, 3.8) is 0 Å². The van der Waals surface area contributed by atoms with E-state index in [4.69, 9.17) is 0 Å². The zero-order chi connectivity index (χ0) is 14.4. The Bertz CT molecular complexity index is 441. The van der Waals surface area contributed by atoms with Crippen molar-refractivity contribution in [2.75, 3.05) is 32.1 Å². The lowest BCUT2D eigenvalue weighted by Gasteiger charge is -2.26. The van der Waals surface area contributed by atoms with Gasteiger partial charge in [-0.05, 0) is 42.4 Å². The molecule has 0 aliphatic carbocycles. The number of nitrogens with one attached hydrogen (secondary N) is 1. The van der Waals surface area contributed by atoms with Crippen molar-refractivity contribution < 1.29 is 0 Å². The lowest BCUT2D eigenvalue weighted by Crippen LogP contribution is -2.41. The summed E-state index contributed by atoms with van der Waals surface area (Å²) in [5, 5.41) is 3.53. The molecule has 1 aromatic heterocycles. The van der Waals surface area contributed by atoms with Crippen LogP contribution in [0.15, 0.2) is 23.3 Å². The maximum atomic E-state index is 4.40. The van der Waals surface area contributed by atoms with Crippen LogP contribution in [0.25, 0.3) is 0 Å². The van der Waals surface area contributed by atoms with Gasteiger partial charge in [0.15, 0.2) is 5.96 Å². The van der Waals surface area contributed by atoms with Crippen LogP contribution in [0, 0.1) is 5.92 Å². The van der Waals surface area contributed by atoms with E-state index in [2.05, 4.69) is 64.0 Å². The maximum Gasteiger partial charge on any atom is 0.193 e. The van der Waals surface area contributed by atoms with Gasteiger partial charge in [-0.3, -0.25) is 4.99 Å². The summed E-state index contributed by atoms with van der Waals surface area (Å²) in [6, 6.07) is 4.24. The third kappa shape index (κ3) is 5.73. The Balaban J connectivity index is 0.00000220. The second kappa shape index (κ2) is 9.61. The molecular weight excluding hydrogens is 395 g/mol. The molecule has 0 radical (unpaired) electrons. The van der Waals surface area contributed by atoms with E-state index < -0.39 is 0 Å². The van der Waals surface area contributed by atoms with Crippen LogP contribution < -0.4 is 5.32 Å². The monoisotopic (exact) mass is 422 g/mol. The molecule has 2 heterocycles. The third-order valence-electron chi connectivity index (χ3n) is 3.91. The molecular formula is C15H27IN4S. The Kier molecular flexibility index (Phi) is 8.55. The molecule has 0 spiro atoms. The number of aromatic nitrogens is 1. The topological polar surface area (TPSA) is 32.6 Å². The highest BCUT2D eigenvalue weighted by Gasteiger charge is 2.15. The van der Waals surface area contributed by atoms with E-state index in [1.807, 2.05) is 7.05 Å². The van der Waals surface area contributed by atoms with Gasteiger partial charge in [0, 0.05) is 39.6 Å². The number of halogens is 1. The number of thioether (sulfide) groups is 1. The van der Waals surface area contributed by atoms with Crippen LogP contribution in [0.4, 0.5) is 0 Å². The van der Waals surface area contributed by atoms with Crippen molar-refractivity contribution in [3.05, 3.63) is 24.0 Å². The Morgan fingerprint density at radius 1 is 1.48 bits per heavy atom. The number of rotatable bonds is 4. The van der Waals surface area contributed by atoms with Gasteiger partial charge >= 0.3 is 0 Å². The van der Waals surface area contributed by atoms with Crippen molar-refractivity contribution in [1.82, 2.24) is 14.8 Å². The van der Waals surface area contributed by atoms with Crippen LogP contribution >= 0.6 is 35.7 Å². The maximum absolute atomic E-state index is 4.40. The highest BCUT2D eigenvalue weighted by Crippen LogP contribution is 2.21. The van der Waals surface area contributed by atoms with Crippen molar-refractivity contribution in [2.24, 2.45) is 18.0 Å². The van der Waals surface area contributed by atoms with E-state index in [1.165, 1.54) is 30.0 Å². The molecule has 1 aliphatic rings. The number of nitrogens with zero attached hydrogens (tertiary/aromatic N) is 3. The summed E-state index contributed by atoms with van der Waals surface area (Å²) >= 11 is 2.08. The Hall–Kier alpha value is -0.370. The molecule has 0 saturated carbocycles. The van der Waals surface area contributed by atoms with E-state index in [-0.39, 0.29) is 24.0 Å². The first-order valence-corrected chi connectivity index (χ1v) is 8.46. The molecule has 120 valence electrons. The lowest BCUT2D eigenvalue weighted by molar-refractivity contribution is 0.433. The Labute approximate surface area is 149 Å². The highest BCUT2D eigenvalue weighted by molar-refractivity contribution is 14.0. The van der Waals surface area contributed by atoms with Crippen LogP contribution in [0.2, 0.25) is 0 Å². The molecule has 1 aromatic rings. The van der Waals surface area contributed by atoms with Gasteiger partial charge in [-0.15, -0.1) is 24.0 Å². The van der Waals surface area contributed by atoms with Crippen LogP contribution in [-0.4, -0.2) is 47.6 Å². The van der Waals surface area contributed by atoms with Crippen molar-refractivity contribution in [2.45, 2.75) is 19.4 Å². The fourth-order valence-corrected chi connectivity index (χ4v) is 3.75. The van der Waals surface area contributed by atoms with Gasteiger partial charge in [-0.25, -0.2) is 0 Å².